The molecule has 3 rings (SSSR count). The zero-order valence-corrected chi connectivity index (χ0v) is 10.2. The van der Waals surface area contributed by atoms with Crippen LogP contribution in [0.1, 0.15) is 16.1 Å². The molecule has 0 atom stereocenters. The molecular weight excluding hydrogens is 240 g/mol. The molecule has 4 nitrogen and oxygen atoms in total. The molecule has 0 fully saturated rings. The summed E-state index contributed by atoms with van der Waals surface area (Å²) in [5.74, 6) is 0.102. The van der Waals surface area contributed by atoms with Gasteiger partial charge in [-0.25, -0.2) is 0 Å². The number of carbonyl (C=O) groups is 1. The third-order valence-electron chi connectivity index (χ3n) is 2.83. The van der Waals surface area contributed by atoms with Crippen LogP contribution in [0.2, 0.25) is 0 Å². The fraction of sp³-hybridized carbons (Fsp3) is 0.0667. The maximum atomic E-state index is 12.0. The molecule has 94 valence electrons. The van der Waals surface area contributed by atoms with Crippen molar-refractivity contribution in [3.8, 4) is 0 Å². The SMILES string of the molecule is O=C(NCc1cccnc1)c1cc2ccccc2o1. The molecule has 0 unspecified atom stereocenters. The van der Waals surface area contributed by atoms with E-state index in [1.165, 1.54) is 0 Å². The molecule has 2 heterocycles. The number of carbonyl (C=O) groups excluding carboxylic acids is 1. The second kappa shape index (κ2) is 4.94. The Bertz CT molecular complexity index is 671. The number of para-hydroxylation sites is 1. The van der Waals surface area contributed by atoms with Gasteiger partial charge in [-0.05, 0) is 23.8 Å². The highest BCUT2D eigenvalue weighted by molar-refractivity contribution is 5.95. The van der Waals surface area contributed by atoms with Crippen LogP contribution in [0.15, 0.2) is 59.3 Å². The topological polar surface area (TPSA) is 55.1 Å². The Kier molecular flexibility index (Phi) is 2.98. The van der Waals surface area contributed by atoms with Gasteiger partial charge in [0, 0.05) is 24.3 Å². The average Bonchev–Trinajstić information content (AvgIpc) is 2.90. The molecule has 4 heteroatoms. The van der Waals surface area contributed by atoms with Crippen molar-refractivity contribution >= 4 is 16.9 Å². The van der Waals surface area contributed by atoms with Gasteiger partial charge in [-0.2, -0.15) is 0 Å². The van der Waals surface area contributed by atoms with Crippen LogP contribution in [0.3, 0.4) is 0 Å². The Morgan fingerprint density at radius 3 is 2.89 bits per heavy atom. The Hall–Kier alpha value is -2.62. The van der Waals surface area contributed by atoms with Gasteiger partial charge in [-0.15, -0.1) is 0 Å². The van der Waals surface area contributed by atoms with E-state index in [1.807, 2.05) is 36.4 Å². The first kappa shape index (κ1) is 11.5. The summed E-state index contributed by atoms with van der Waals surface area (Å²) in [7, 11) is 0. The van der Waals surface area contributed by atoms with E-state index in [2.05, 4.69) is 10.3 Å². The summed E-state index contributed by atoms with van der Waals surface area (Å²) in [4.78, 5) is 16.0. The van der Waals surface area contributed by atoms with Crippen LogP contribution in [0.25, 0.3) is 11.0 Å². The van der Waals surface area contributed by atoms with Gasteiger partial charge in [-0.3, -0.25) is 9.78 Å². The van der Waals surface area contributed by atoms with Gasteiger partial charge in [0.1, 0.15) is 5.58 Å². The Balaban J connectivity index is 1.73. The quantitative estimate of drug-likeness (QED) is 0.779. The zero-order chi connectivity index (χ0) is 13.1. The van der Waals surface area contributed by atoms with Gasteiger partial charge < -0.3 is 9.73 Å². The van der Waals surface area contributed by atoms with E-state index in [1.54, 1.807) is 18.5 Å². The molecule has 19 heavy (non-hydrogen) atoms. The summed E-state index contributed by atoms with van der Waals surface area (Å²) in [5.41, 5.74) is 1.67. The van der Waals surface area contributed by atoms with Crippen LogP contribution in [0.4, 0.5) is 0 Å². The highest BCUT2D eigenvalue weighted by atomic mass is 16.3. The van der Waals surface area contributed by atoms with E-state index in [4.69, 9.17) is 4.42 Å². The van der Waals surface area contributed by atoms with Crippen LogP contribution in [-0.4, -0.2) is 10.9 Å². The number of fused-ring (bicyclic) bond motifs is 1. The number of hydrogen-bond donors (Lipinski definition) is 1. The lowest BCUT2D eigenvalue weighted by Crippen LogP contribution is -2.22. The fourth-order valence-electron chi connectivity index (χ4n) is 1.87. The molecular formula is C15H12N2O2. The van der Waals surface area contributed by atoms with Crippen LogP contribution in [-0.2, 0) is 6.54 Å². The predicted molar refractivity (Wildman–Crippen MR) is 71.6 cm³/mol. The van der Waals surface area contributed by atoms with Crippen molar-refractivity contribution in [1.29, 1.82) is 0 Å². The summed E-state index contributed by atoms with van der Waals surface area (Å²) in [6.07, 6.45) is 3.42. The standard InChI is InChI=1S/C15H12N2O2/c18-15(17-10-11-4-3-7-16-9-11)14-8-12-5-1-2-6-13(12)19-14/h1-9H,10H2,(H,17,18). The maximum absolute atomic E-state index is 12.0. The van der Waals surface area contributed by atoms with E-state index in [0.717, 1.165) is 10.9 Å². The third kappa shape index (κ3) is 2.47. The molecule has 0 aliphatic rings. The zero-order valence-electron chi connectivity index (χ0n) is 10.2. The van der Waals surface area contributed by atoms with Gasteiger partial charge in [0.2, 0.25) is 0 Å². The van der Waals surface area contributed by atoms with Crippen molar-refractivity contribution in [3.05, 3.63) is 66.2 Å². The highest BCUT2D eigenvalue weighted by Gasteiger charge is 2.11. The fourth-order valence-corrected chi connectivity index (χ4v) is 1.87. The van der Waals surface area contributed by atoms with Gasteiger partial charge >= 0.3 is 0 Å². The van der Waals surface area contributed by atoms with Crippen molar-refractivity contribution in [2.24, 2.45) is 0 Å². The minimum absolute atomic E-state index is 0.222. The van der Waals surface area contributed by atoms with Crippen LogP contribution in [0, 0.1) is 0 Å². The molecule has 2 aromatic heterocycles. The van der Waals surface area contributed by atoms with Crippen LogP contribution >= 0.6 is 0 Å². The molecule has 0 saturated heterocycles. The Morgan fingerprint density at radius 2 is 2.11 bits per heavy atom. The number of aromatic nitrogens is 1. The molecule has 1 aromatic carbocycles. The van der Waals surface area contributed by atoms with E-state index in [9.17, 15) is 4.79 Å². The monoisotopic (exact) mass is 252 g/mol. The summed E-state index contributed by atoms with van der Waals surface area (Å²) < 4.78 is 5.49. The van der Waals surface area contributed by atoms with Crippen LogP contribution in [0.5, 0.6) is 0 Å². The van der Waals surface area contributed by atoms with Gasteiger partial charge in [-0.1, -0.05) is 24.3 Å². The molecule has 1 amide bonds. The third-order valence-corrected chi connectivity index (χ3v) is 2.83. The van der Waals surface area contributed by atoms with E-state index < -0.39 is 0 Å². The molecule has 1 N–H and O–H groups in total. The van der Waals surface area contributed by atoms with E-state index in [0.29, 0.717) is 17.9 Å². The van der Waals surface area contributed by atoms with Gasteiger partial charge in [0.25, 0.3) is 5.91 Å². The first-order chi connectivity index (χ1) is 9.33. The molecule has 3 aromatic rings. The van der Waals surface area contributed by atoms with Crippen molar-refractivity contribution in [1.82, 2.24) is 10.3 Å². The smallest absolute Gasteiger partial charge is 0.287 e. The number of rotatable bonds is 3. The summed E-state index contributed by atoms with van der Waals surface area (Å²) >= 11 is 0. The lowest BCUT2D eigenvalue weighted by Gasteiger charge is -2.02. The van der Waals surface area contributed by atoms with E-state index >= 15 is 0 Å². The lowest BCUT2D eigenvalue weighted by atomic mass is 10.2. The number of hydrogen-bond acceptors (Lipinski definition) is 3. The minimum atomic E-state index is -0.222. The minimum Gasteiger partial charge on any atom is -0.451 e. The second-order valence-electron chi connectivity index (χ2n) is 4.19. The van der Waals surface area contributed by atoms with E-state index in [-0.39, 0.29) is 5.91 Å². The number of benzene rings is 1. The molecule has 0 aliphatic carbocycles. The first-order valence-electron chi connectivity index (χ1n) is 5.98. The summed E-state index contributed by atoms with van der Waals surface area (Å²) in [5, 5.41) is 3.73. The highest BCUT2D eigenvalue weighted by Crippen LogP contribution is 2.18. The van der Waals surface area contributed by atoms with Gasteiger partial charge in [0.15, 0.2) is 5.76 Å². The Labute approximate surface area is 110 Å². The summed E-state index contributed by atoms with van der Waals surface area (Å²) in [6, 6.07) is 13.0. The maximum Gasteiger partial charge on any atom is 0.287 e. The average molecular weight is 252 g/mol. The van der Waals surface area contributed by atoms with Crippen molar-refractivity contribution < 1.29 is 9.21 Å². The lowest BCUT2D eigenvalue weighted by molar-refractivity contribution is 0.0925. The largest absolute Gasteiger partial charge is 0.451 e. The molecule has 0 saturated carbocycles. The van der Waals surface area contributed by atoms with Crippen molar-refractivity contribution in [2.45, 2.75) is 6.54 Å². The normalized spacial score (nSPS) is 10.5. The second-order valence-corrected chi connectivity index (χ2v) is 4.19. The van der Waals surface area contributed by atoms with Gasteiger partial charge in [0.05, 0.1) is 0 Å². The predicted octanol–water partition coefficient (Wildman–Crippen LogP) is 2.76. The van der Waals surface area contributed by atoms with Crippen molar-refractivity contribution in [2.75, 3.05) is 0 Å². The van der Waals surface area contributed by atoms with Crippen molar-refractivity contribution in [3.63, 3.8) is 0 Å². The summed E-state index contributed by atoms with van der Waals surface area (Å²) in [6.45, 7) is 0.434. The Morgan fingerprint density at radius 1 is 1.21 bits per heavy atom. The van der Waals surface area contributed by atoms with Crippen LogP contribution < -0.4 is 5.32 Å². The number of nitrogens with one attached hydrogen (secondary N) is 1. The number of amides is 1. The molecule has 0 aliphatic heterocycles. The number of furan rings is 1. The molecule has 0 radical (unpaired) electrons. The first-order valence-corrected chi connectivity index (χ1v) is 5.98. The molecule has 0 spiro atoms. The number of pyridine rings is 1. The number of nitrogens with zero attached hydrogens (tertiary/aromatic N) is 1. The molecule has 0 bridgehead atoms.